The Morgan fingerprint density at radius 2 is 1.88 bits per heavy atom. The quantitative estimate of drug-likeness (QED) is 0.863. The third-order valence-electron chi connectivity index (χ3n) is 4.09. The van der Waals surface area contributed by atoms with Gasteiger partial charge in [0.1, 0.15) is 11.6 Å². The average molecular weight is 387 g/mol. The number of carbonyl (C=O) groups is 1. The lowest BCUT2D eigenvalue weighted by atomic mass is 10.0. The topological polar surface area (TPSA) is 51.1 Å². The molecule has 0 saturated carbocycles. The van der Waals surface area contributed by atoms with Gasteiger partial charge in [-0.15, -0.1) is 0 Å². The molecule has 4 nitrogen and oxygen atoms in total. The number of halogens is 4. The summed E-state index contributed by atoms with van der Waals surface area (Å²) in [6, 6.07) is 5.90. The molecule has 140 valence electrons. The SMILES string of the molecule is Cc1ccc([C@H](C)NC(=O)Cn2cc(C(F)(F)F)cc(Cl)c2=O)cc1C. The minimum Gasteiger partial charge on any atom is -0.348 e. The van der Waals surface area contributed by atoms with E-state index in [4.69, 9.17) is 11.6 Å². The predicted octanol–water partition coefficient (Wildman–Crippen LogP) is 4.01. The molecule has 0 bridgehead atoms. The monoisotopic (exact) mass is 386 g/mol. The van der Waals surface area contributed by atoms with Crippen molar-refractivity contribution in [1.82, 2.24) is 9.88 Å². The molecule has 1 aromatic heterocycles. The Morgan fingerprint density at radius 3 is 2.46 bits per heavy atom. The Balaban J connectivity index is 2.18. The van der Waals surface area contributed by atoms with Crippen LogP contribution in [-0.2, 0) is 17.5 Å². The fraction of sp³-hybridized carbons (Fsp3) is 0.333. The van der Waals surface area contributed by atoms with Gasteiger partial charge in [-0.05, 0) is 43.5 Å². The molecule has 0 unspecified atom stereocenters. The number of benzene rings is 1. The molecule has 0 aliphatic heterocycles. The highest BCUT2D eigenvalue weighted by Gasteiger charge is 2.32. The molecule has 0 radical (unpaired) electrons. The van der Waals surface area contributed by atoms with Gasteiger partial charge < -0.3 is 9.88 Å². The van der Waals surface area contributed by atoms with Gasteiger partial charge in [0.25, 0.3) is 5.56 Å². The van der Waals surface area contributed by atoms with Crippen molar-refractivity contribution in [3.63, 3.8) is 0 Å². The maximum Gasteiger partial charge on any atom is 0.417 e. The highest BCUT2D eigenvalue weighted by atomic mass is 35.5. The van der Waals surface area contributed by atoms with Crippen LogP contribution in [0, 0.1) is 13.8 Å². The third-order valence-corrected chi connectivity index (χ3v) is 4.36. The predicted molar refractivity (Wildman–Crippen MR) is 93.2 cm³/mol. The minimum absolute atomic E-state index is 0.362. The molecule has 2 rings (SSSR count). The number of nitrogens with one attached hydrogen (secondary N) is 1. The number of alkyl halides is 3. The molecule has 0 spiro atoms. The Hall–Kier alpha value is -2.28. The van der Waals surface area contributed by atoms with Crippen molar-refractivity contribution in [1.29, 1.82) is 0 Å². The zero-order valence-electron chi connectivity index (χ0n) is 14.4. The molecular formula is C18H18ClF3N2O2. The van der Waals surface area contributed by atoms with Gasteiger partial charge in [0.2, 0.25) is 5.91 Å². The van der Waals surface area contributed by atoms with Gasteiger partial charge in [-0.2, -0.15) is 13.2 Å². The van der Waals surface area contributed by atoms with Gasteiger partial charge in [-0.3, -0.25) is 9.59 Å². The van der Waals surface area contributed by atoms with Gasteiger partial charge in [0.15, 0.2) is 0 Å². The first-order chi connectivity index (χ1) is 12.0. The molecule has 0 aliphatic carbocycles. The van der Waals surface area contributed by atoms with E-state index in [0.29, 0.717) is 16.8 Å². The normalized spacial score (nSPS) is 12.7. The van der Waals surface area contributed by atoms with E-state index in [1.165, 1.54) is 0 Å². The van der Waals surface area contributed by atoms with Crippen LogP contribution in [0.4, 0.5) is 13.2 Å². The molecule has 8 heteroatoms. The van der Waals surface area contributed by atoms with Crippen molar-refractivity contribution in [3.8, 4) is 0 Å². The van der Waals surface area contributed by atoms with Crippen LogP contribution in [-0.4, -0.2) is 10.5 Å². The third kappa shape index (κ3) is 4.66. The van der Waals surface area contributed by atoms with E-state index in [0.717, 1.165) is 16.7 Å². The van der Waals surface area contributed by atoms with E-state index in [2.05, 4.69) is 5.32 Å². The lowest BCUT2D eigenvalue weighted by Gasteiger charge is -2.17. The highest BCUT2D eigenvalue weighted by molar-refractivity contribution is 6.30. The maximum absolute atomic E-state index is 12.8. The second-order valence-electron chi connectivity index (χ2n) is 6.14. The molecule has 0 fully saturated rings. The molecule has 0 aliphatic rings. The van der Waals surface area contributed by atoms with Crippen LogP contribution in [0.5, 0.6) is 0 Å². The van der Waals surface area contributed by atoms with Gasteiger partial charge in [-0.1, -0.05) is 29.8 Å². The number of rotatable bonds is 4. The number of aromatic nitrogens is 1. The number of amides is 1. The molecule has 26 heavy (non-hydrogen) atoms. The van der Waals surface area contributed by atoms with E-state index in [1.807, 2.05) is 32.0 Å². The number of pyridine rings is 1. The molecule has 2 aromatic rings. The van der Waals surface area contributed by atoms with Crippen molar-refractivity contribution in [2.24, 2.45) is 0 Å². The Bertz CT molecular complexity index is 891. The van der Waals surface area contributed by atoms with Gasteiger partial charge in [0, 0.05) is 6.20 Å². The minimum atomic E-state index is -4.66. The molecule has 1 amide bonds. The van der Waals surface area contributed by atoms with Crippen molar-refractivity contribution in [2.75, 3.05) is 0 Å². The molecule has 1 heterocycles. The van der Waals surface area contributed by atoms with Crippen LogP contribution >= 0.6 is 11.6 Å². The number of nitrogens with zero attached hydrogens (tertiary/aromatic N) is 1. The fourth-order valence-electron chi connectivity index (χ4n) is 2.43. The fourth-order valence-corrected chi connectivity index (χ4v) is 2.66. The zero-order chi connectivity index (χ0) is 19.6. The van der Waals surface area contributed by atoms with Gasteiger partial charge >= 0.3 is 6.18 Å². The summed E-state index contributed by atoms with van der Waals surface area (Å²) in [6.45, 7) is 5.10. The second-order valence-corrected chi connectivity index (χ2v) is 6.55. The molecule has 1 atom stereocenters. The zero-order valence-corrected chi connectivity index (χ0v) is 15.2. The van der Waals surface area contributed by atoms with Crippen molar-refractivity contribution >= 4 is 17.5 Å². The van der Waals surface area contributed by atoms with Crippen molar-refractivity contribution in [3.05, 3.63) is 68.1 Å². The van der Waals surface area contributed by atoms with Crippen LogP contribution in [0.15, 0.2) is 35.3 Å². The van der Waals surface area contributed by atoms with Crippen LogP contribution in [0.25, 0.3) is 0 Å². The van der Waals surface area contributed by atoms with Crippen LogP contribution in [0.1, 0.15) is 35.2 Å². The van der Waals surface area contributed by atoms with Gasteiger partial charge in [-0.25, -0.2) is 0 Å². The Morgan fingerprint density at radius 1 is 1.23 bits per heavy atom. The Kier molecular flexibility index (Phi) is 5.81. The number of aryl methyl sites for hydroxylation is 2. The van der Waals surface area contributed by atoms with E-state index in [9.17, 15) is 22.8 Å². The summed E-state index contributed by atoms with van der Waals surface area (Å²) in [5, 5.41) is 2.09. The lowest BCUT2D eigenvalue weighted by molar-refractivity contribution is -0.138. The average Bonchev–Trinajstić information content (AvgIpc) is 2.53. The lowest BCUT2D eigenvalue weighted by Crippen LogP contribution is -2.34. The molecule has 1 aromatic carbocycles. The maximum atomic E-state index is 12.8. The van der Waals surface area contributed by atoms with Gasteiger partial charge in [0.05, 0.1) is 11.6 Å². The summed E-state index contributed by atoms with van der Waals surface area (Å²) >= 11 is 5.58. The van der Waals surface area contributed by atoms with Crippen molar-refractivity contribution < 1.29 is 18.0 Å². The summed E-state index contributed by atoms with van der Waals surface area (Å²) in [6.07, 6.45) is -4.07. The van der Waals surface area contributed by atoms with Crippen LogP contribution in [0.2, 0.25) is 5.02 Å². The summed E-state index contributed by atoms with van der Waals surface area (Å²) in [5.74, 6) is -0.590. The first-order valence-electron chi connectivity index (χ1n) is 7.82. The summed E-state index contributed by atoms with van der Waals surface area (Å²) in [4.78, 5) is 24.1. The number of hydrogen-bond donors (Lipinski definition) is 1. The molecule has 0 saturated heterocycles. The summed E-state index contributed by atoms with van der Waals surface area (Å²) < 4.78 is 39.2. The smallest absolute Gasteiger partial charge is 0.348 e. The first kappa shape index (κ1) is 20.0. The standard InChI is InChI=1S/C18H18ClF3N2O2/c1-10-4-5-13(6-11(10)2)12(3)23-16(25)9-24-8-14(18(20,21)22)7-15(19)17(24)26/h4-8,12H,9H2,1-3H3,(H,23,25)/t12-/m0/s1. The van der Waals surface area contributed by atoms with Crippen LogP contribution in [0.3, 0.4) is 0 Å². The van der Waals surface area contributed by atoms with Crippen LogP contribution < -0.4 is 10.9 Å². The highest BCUT2D eigenvalue weighted by Crippen LogP contribution is 2.29. The van der Waals surface area contributed by atoms with Crippen molar-refractivity contribution in [2.45, 2.75) is 39.5 Å². The number of hydrogen-bond acceptors (Lipinski definition) is 2. The largest absolute Gasteiger partial charge is 0.417 e. The number of carbonyl (C=O) groups excluding carboxylic acids is 1. The second kappa shape index (κ2) is 7.53. The van der Waals surface area contributed by atoms with E-state index in [1.54, 1.807) is 6.92 Å². The summed E-state index contributed by atoms with van der Waals surface area (Å²) in [5.41, 5.74) is 1.09. The Labute approximate surface area is 153 Å². The molecular weight excluding hydrogens is 369 g/mol. The summed E-state index contributed by atoms with van der Waals surface area (Å²) in [7, 11) is 0. The van der Waals surface area contributed by atoms with E-state index < -0.39 is 34.8 Å². The molecule has 1 N–H and O–H groups in total. The van der Waals surface area contributed by atoms with E-state index in [-0.39, 0.29) is 6.04 Å². The van der Waals surface area contributed by atoms with E-state index >= 15 is 0 Å². The first-order valence-corrected chi connectivity index (χ1v) is 8.20.